The molecular weight excluding hydrogens is 340 g/mol. The van der Waals surface area contributed by atoms with Crippen molar-refractivity contribution in [1.82, 2.24) is 4.98 Å². The van der Waals surface area contributed by atoms with Gasteiger partial charge in [-0.05, 0) is 42.0 Å². The molecule has 0 fully saturated rings. The number of nitrogens with one attached hydrogen (secondary N) is 1. The van der Waals surface area contributed by atoms with E-state index in [0.717, 1.165) is 39.0 Å². The Morgan fingerprint density at radius 3 is 2.69 bits per heavy atom. The molecule has 26 heavy (non-hydrogen) atoms. The quantitative estimate of drug-likeness (QED) is 0.423. The van der Waals surface area contributed by atoms with Gasteiger partial charge in [-0.25, -0.2) is 0 Å². The van der Waals surface area contributed by atoms with Crippen molar-refractivity contribution >= 4 is 28.4 Å². The summed E-state index contributed by atoms with van der Waals surface area (Å²) in [6, 6.07) is 24.7. The van der Waals surface area contributed by atoms with E-state index < -0.39 is 0 Å². The first-order valence-electron chi connectivity index (χ1n) is 8.52. The Balaban J connectivity index is 1.39. The third-order valence-electron chi connectivity index (χ3n) is 4.46. The Kier molecular flexibility index (Phi) is 3.76. The van der Waals surface area contributed by atoms with E-state index in [0.29, 0.717) is 0 Å². The van der Waals surface area contributed by atoms with Crippen LogP contribution >= 0.6 is 11.8 Å². The Morgan fingerprint density at radius 2 is 1.69 bits per heavy atom. The lowest BCUT2D eigenvalue weighted by Gasteiger charge is -2.20. The van der Waals surface area contributed by atoms with Crippen molar-refractivity contribution in [2.45, 2.75) is 16.3 Å². The predicted molar refractivity (Wildman–Crippen MR) is 106 cm³/mol. The van der Waals surface area contributed by atoms with Gasteiger partial charge >= 0.3 is 0 Å². The molecule has 0 amide bonds. The molecular formula is C22H16N2OS. The molecule has 0 aliphatic carbocycles. The number of para-hydroxylation sites is 2. The van der Waals surface area contributed by atoms with Gasteiger partial charge in [0.1, 0.15) is 11.5 Å². The summed E-state index contributed by atoms with van der Waals surface area (Å²) in [5.41, 5.74) is 3.30. The van der Waals surface area contributed by atoms with Crippen molar-refractivity contribution < 1.29 is 4.74 Å². The van der Waals surface area contributed by atoms with Gasteiger partial charge in [-0.15, -0.1) is 0 Å². The molecule has 5 rings (SSSR count). The monoisotopic (exact) mass is 356 g/mol. The fourth-order valence-corrected chi connectivity index (χ4v) is 4.08. The third-order valence-corrected chi connectivity index (χ3v) is 5.57. The number of fused-ring (bicyclic) bond motifs is 3. The van der Waals surface area contributed by atoms with Gasteiger partial charge in [0.05, 0.1) is 15.3 Å². The van der Waals surface area contributed by atoms with Crippen LogP contribution in [0.2, 0.25) is 0 Å². The Bertz CT molecular complexity index is 1100. The third kappa shape index (κ3) is 2.78. The van der Waals surface area contributed by atoms with Crippen LogP contribution in [0.5, 0.6) is 11.5 Å². The van der Waals surface area contributed by atoms with Crippen molar-refractivity contribution in [3.05, 3.63) is 84.6 Å². The number of hydrogen-bond acceptors (Lipinski definition) is 4. The molecule has 1 aliphatic heterocycles. The van der Waals surface area contributed by atoms with Crippen molar-refractivity contribution in [2.24, 2.45) is 0 Å². The van der Waals surface area contributed by atoms with E-state index in [9.17, 15) is 0 Å². The van der Waals surface area contributed by atoms with Crippen LogP contribution in [-0.2, 0) is 6.54 Å². The van der Waals surface area contributed by atoms with Gasteiger partial charge in [0.15, 0.2) is 0 Å². The highest BCUT2D eigenvalue weighted by molar-refractivity contribution is 7.99. The number of benzene rings is 3. The Morgan fingerprint density at radius 1 is 0.846 bits per heavy atom. The van der Waals surface area contributed by atoms with E-state index in [2.05, 4.69) is 52.8 Å². The summed E-state index contributed by atoms with van der Waals surface area (Å²) in [5.74, 6) is 1.82. The molecule has 0 unspecified atom stereocenters. The Labute approximate surface area is 156 Å². The number of ether oxygens (including phenoxy) is 1. The van der Waals surface area contributed by atoms with Crippen LogP contribution in [0.4, 0.5) is 5.69 Å². The Hall–Kier alpha value is -2.98. The number of anilines is 1. The maximum atomic E-state index is 6.07. The van der Waals surface area contributed by atoms with Gasteiger partial charge < -0.3 is 10.1 Å². The first-order chi connectivity index (χ1) is 12.9. The molecule has 4 heteroatoms. The molecule has 0 spiro atoms. The van der Waals surface area contributed by atoms with Crippen molar-refractivity contribution in [3.8, 4) is 11.5 Å². The minimum Gasteiger partial charge on any atom is -0.455 e. The lowest BCUT2D eigenvalue weighted by atomic mass is 10.1. The predicted octanol–water partition coefficient (Wildman–Crippen LogP) is 6.10. The molecule has 1 aliphatic rings. The minimum absolute atomic E-state index is 0.742. The van der Waals surface area contributed by atoms with Crippen molar-refractivity contribution in [1.29, 1.82) is 0 Å². The maximum Gasteiger partial charge on any atom is 0.143 e. The topological polar surface area (TPSA) is 34.1 Å². The number of pyridine rings is 1. The second kappa shape index (κ2) is 6.39. The van der Waals surface area contributed by atoms with E-state index in [1.54, 1.807) is 11.8 Å². The van der Waals surface area contributed by atoms with Crippen LogP contribution in [0.1, 0.15) is 5.56 Å². The molecule has 2 heterocycles. The summed E-state index contributed by atoms with van der Waals surface area (Å²) in [5, 5.41) is 4.69. The van der Waals surface area contributed by atoms with Gasteiger partial charge in [-0.3, -0.25) is 4.98 Å². The molecule has 1 aromatic heterocycles. The van der Waals surface area contributed by atoms with E-state index >= 15 is 0 Å². The van der Waals surface area contributed by atoms with Gasteiger partial charge in [-0.2, -0.15) is 0 Å². The molecule has 1 N–H and O–H groups in total. The first kappa shape index (κ1) is 15.3. The molecule has 126 valence electrons. The van der Waals surface area contributed by atoms with E-state index in [-0.39, 0.29) is 0 Å². The molecule has 4 aromatic rings. The second-order valence-electron chi connectivity index (χ2n) is 6.15. The number of rotatable bonds is 3. The van der Waals surface area contributed by atoms with Crippen LogP contribution in [0.3, 0.4) is 0 Å². The SMILES string of the molecule is c1ccc2c(c1)Oc1cc(NCc3ccnc4ccccc34)ccc1S2. The summed E-state index contributed by atoms with van der Waals surface area (Å²) >= 11 is 1.75. The van der Waals surface area contributed by atoms with Crippen LogP contribution in [0.25, 0.3) is 10.9 Å². The maximum absolute atomic E-state index is 6.07. The van der Waals surface area contributed by atoms with Gasteiger partial charge in [0.25, 0.3) is 0 Å². The zero-order chi connectivity index (χ0) is 17.3. The second-order valence-corrected chi connectivity index (χ2v) is 7.24. The molecule has 3 aromatic carbocycles. The number of nitrogens with zero attached hydrogens (tertiary/aromatic N) is 1. The normalized spacial score (nSPS) is 12.2. The lowest BCUT2D eigenvalue weighted by Crippen LogP contribution is -2.02. The summed E-state index contributed by atoms with van der Waals surface area (Å²) < 4.78 is 6.07. The van der Waals surface area contributed by atoms with Crippen molar-refractivity contribution in [2.75, 3.05) is 5.32 Å². The fraction of sp³-hybridized carbons (Fsp3) is 0.0455. The van der Waals surface area contributed by atoms with Crippen LogP contribution in [0, 0.1) is 0 Å². The lowest BCUT2D eigenvalue weighted by molar-refractivity contribution is 0.455. The fourth-order valence-electron chi connectivity index (χ4n) is 3.14. The molecule has 0 saturated heterocycles. The average molecular weight is 356 g/mol. The summed E-state index contributed by atoms with van der Waals surface area (Å²) in [4.78, 5) is 6.72. The zero-order valence-electron chi connectivity index (χ0n) is 14.0. The standard InChI is InChI=1S/C22H16N2OS/c1-2-6-18-17(5-1)15(11-12-23-18)14-24-16-9-10-22-20(13-16)25-19-7-3-4-8-21(19)26-22/h1-13,24H,14H2. The summed E-state index contributed by atoms with van der Waals surface area (Å²) in [6.45, 7) is 0.742. The molecule has 0 radical (unpaired) electrons. The highest BCUT2D eigenvalue weighted by Crippen LogP contribution is 2.47. The highest BCUT2D eigenvalue weighted by atomic mass is 32.2. The van der Waals surface area contributed by atoms with E-state index in [1.165, 1.54) is 10.9 Å². The highest BCUT2D eigenvalue weighted by Gasteiger charge is 2.17. The van der Waals surface area contributed by atoms with Gasteiger partial charge in [-0.1, -0.05) is 42.1 Å². The number of hydrogen-bond donors (Lipinski definition) is 1. The molecule has 0 atom stereocenters. The molecule has 3 nitrogen and oxygen atoms in total. The zero-order valence-corrected chi connectivity index (χ0v) is 14.8. The summed E-state index contributed by atoms with van der Waals surface area (Å²) in [7, 11) is 0. The molecule has 0 bridgehead atoms. The van der Waals surface area contributed by atoms with Crippen LogP contribution < -0.4 is 10.1 Å². The smallest absolute Gasteiger partial charge is 0.143 e. The average Bonchev–Trinajstić information content (AvgIpc) is 2.70. The number of aromatic nitrogens is 1. The molecule has 0 saturated carbocycles. The van der Waals surface area contributed by atoms with Crippen LogP contribution in [0.15, 0.2) is 88.8 Å². The van der Waals surface area contributed by atoms with Gasteiger partial charge in [0, 0.05) is 29.9 Å². The largest absolute Gasteiger partial charge is 0.455 e. The van der Waals surface area contributed by atoms with E-state index in [4.69, 9.17) is 4.74 Å². The van der Waals surface area contributed by atoms with Gasteiger partial charge in [0.2, 0.25) is 0 Å². The first-order valence-corrected chi connectivity index (χ1v) is 9.34. The van der Waals surface area contributed by atoms with E-state index in [1.807, 2.05) is 36.5 Å². The van der Waals surface area contributed by atoms with Crippen molar-refractivity contribution in [3.63, 3.8) is 0 Å². The van der Waals surface area contributed by atoms with Crippen LogP contribution in [-0.4, -0.2) is 4.98 Å². The summed E-state index contributed by atoms with van der Waals surface area (Å²) in [6.07, 6.45) is 1.86. The minimum atomic E-state index is 0.742.